The molecule has 0 aliphatic rings. The van der Waals surface area contributed by atoms with Crippen molar-refractivity contribution in [1.82, 2.24) is 4.90 Å². The van der Waals surface area contributed by atoms with Crippen molar-refractivity contribution in [1.29, 1.82) is 0 Å². The molecule has 0 saturated heterocycles. The van der Waals surface area contributed by atoms with Gasteiger partial charge in [-0.3, -0.25) is 4.90 Å². The first-order valence-corrected chi connectivity index (χ1v) is 6.40. The van der Waals surface area contributed by atoms with E-state index in [-0.39, 0.29) is 17.4 Å². The molecule has 0 aliphatic carbocycles. The normalized spacial score (nSPS) is 10.9. The fourth-order valence-corrected chi connectivity index (χ4v) is 2.10. The van der Waals surface area contributed by atoms with E-state index in [2.05, 4.69) is 11.8 Å². The summed E-state index contributed by atoms with van der Waals surface area (Å²) in [4.78, 5) is 2.32. The third-order valence-corrected chi connectivity index (χ3v) is 2.90. The fourth-order valence-electron chi connectivity index (χ4n) is 1.90. The molecular formula is C13H19FN2OS. The molecule has 0 amide bonds. The number of aliphatic hydroxyl groups excluding tert-OH is 1. The summed E-state index contributed by atoms with van der Waals surface area (Å²) >= 11 is 4.96. The Labute approximate surface area is 112 Å². The van der Waals surface area contributed by atoms with E-state index in [1.807, 2.05) is 0 Å². The molecule has 5 heteroatoms. The molecule has 0 fully saturated rings. The van der Waals surface area contributed by atoms with Crippen molar-refractivity contribution in [2.75, 3.05) is 19.7 Å². The van der Waals surface area contributed by atoms with Gasteiger partial charge in [0.1, 0.15) is 10.8 Å². The van der Waals surface area contributed by atoms with Crippen LogP contribution in [-0.4, -0.2) is 34.7 Å². The summed E-state index contributed by atoms with van der Waals surface area (Å²) in [5.74, 6) is -0.301. The minimum absolute atomic E-state index is 0.0811. The lowest BCUT2D eigenvalue weighted by Crippen LogP contribution is -2.28. The van der Waals surface area contributed by atoms with Crippen molar-refractivity contribution < 1.29 is 9.50 Å². The summed E-state index contributed by atoms with van der Waals surface area (Å²) < 4.78 is 13.3. The number of hydrogen-bond donors (Lipinski definition) is 2. The number of nitrogens with two attached hydrogens (primary N) is 1. The van der Waals surface area contributed by atoms with Crippen molar-refractivity contribution in [3.63, 3.8) is 0 Å². The van der Waals surface area contributed by atoms with Crippen molar-refractivity contribution in [3.05, 3.63) is 35.1 Å². The molecule has 0 heterocycles. The Hall–Kier alpha value is -1.04. The minimum atomic E-state index is -0.301. The minimum Gasteiger partial charge on any atom is -0.395 e. The molecule has 3 N–H and O–H groups in total. The van der Waals surface area contributed by atoms with Gasteiger partial charge < -0.3 is 10.8 Å². The zero-order valence-electron chi connectivity index (χ0n) is 10.5. The van der Waals surface area contributed by atoms with Gasteiger partial charge in [0, 0.05) is 18.7 Å². The second-order valence-corrected chi connectivity index (χ2v) is 4.61. The number of nitrogens with zero attached hydrogens (tertiary/aromatic N) is 1. The van der Waals surface area contributed by atoms with Crippen LogP contribution in [0.2, 0.25) is 0 Å². The molecule has 0 spiro atoms. The van der Waals surface area contributed by atoms with Crippen LogP contribution in [0.25, 0.3) is 0 Å². The van der Waals surface area contributed by atoms with Crippen molar-refractivity contribution in [2.45, 2.75) is 19.9 Å². The summed E-state index contributed by atoms with van der Waals surface area (Å²) in [6.45, 7) is 4.08. The summed E-state index contributed by atoms with van der Waals surface area (Å²) in [5.41, 5.74) is 7.10. The number of rotatable bonds is 7. The second kappa shape index (κ2) is 7.41. The van der Waals surface area contributed by atoms with Gasteiger partial charge in [-0.1, -0.05) is 19.1 Å². The molecule has 1 aromatic rings. The second-order valence-electron chi connectivity index (χ2n) is 4.17. The molecule has 0 atom stereocenters. The smallest absolute Gasteiger partial charge is 0.123 e. The standard InChI is InChI=1S/C13H19FN2OS/c1-2-5-16(6-7-17)9-10-8-11(14)3-4-12(10)13(15)18/h3-4,8,17H,2,5-7,9H2,1H3,(H2,15,18). The van der Waals surface area contributed by atoms with Gasteiger partial charge in [0.15, 0.2) is 0 Å². The van der Waals surface area contributed by atoms with Gasteiger partial charge in [0.25, 0.3) is 0 Å². The monoisotopic (exact) mass is 270 g/mol. The molecule has 0 unspecified atom stereocenters. The van der Waals surface area contributed by atoms with Crippen LogP contribution in [-0.2, 0) is 6.54 Å². The molecular weight excluding hydrogens is 251 g/mol. The predicted octanol–water partition coefficient (Wildman–Crippen LogP) is 1.66. The average Bonchev–Trinajstić information content (AvgIpc) is 2.29. The molecule has 0 bridgehead atoms. The topological polar surface area (TPSA) is 49.5 Å². The van der Waals surface area contributed by atoms with Gasteiger partial charge in [0.05, 0.1) is 6.61 Å². The van der Waals surface area contributed by atoms with Crippen molar-refractivity contribution >= 4 is 17.2 Å². The lowest BCUT2D eigenvalue weighted by Gasteiger charge is -2.22. The maximum atomic E-state index is 13.3. The first-order chi connectivity index (χ1) is 8.58. The summed E-state index contributed by atoms with van der Waals surface area (Å²) in [6, 6.07) is 4.42. The highest BCUT2D eigenvalue weighted by molar-refractivity contribution is 7.80. The Kier molecular flexibility index (Phi) is 6.18. The van der Waals surface area contributed by atoms with E-state index >= 15 is 0 Å². The summed E-state index contributed by atoms with van der Waals surface area (Å²) in [6.07, 6.45) is 0.970. The quantitative estimate of drug-likeness (QED) is 0.740. The third-order valence-electron chi connectivity index (χ3n) is 2.68. The van der Waals surface area contributed by atoms with E-state index < -0.39 is 0 Å². The zero-order valence-corrected chi connectivity index (χ0v) is 11.3. The highest BCUT2D eigenvalue weighted by atomic mass is 32.1. The molecule has 3 nitrogen and oxygen atoms in total. The summed E-state index contributed by atoms with van der Waals surface area (Å²) in [7, 11) is 0. The number of thiocarbonyl (C=S) groups is 1. The van der Waals surface area contributed by atoms with Crippen LogP contribution >= 0.6 is 12.2 Å². The fraction of sp³-hybridized carbons (Fsp3) is 0.462. The molecule has 18 heavy (non-hydrogen) atoms. The Morgan fingerprint density at radius 3 is 2.72 bits per heavy atom. The predicted molar refractivity (Wildman–Crippen MR) is 74.9 cm³/mol. The van der Waals surface area contributed by atoms with Crippen LogP contribution < -0.4 is 5.73 Å². The number of halogens is 1. The highest BCUT2D eigenvalue weighted by Crippen LogP contribution is 2.14. The highest BCUT2D eigenvalue weighted by Gasteiger charge is 2.11. The lowest BCUT2D eigenvalue weighted by molar-refractivity contribution is 0.190. The molecule has 1 rings (SSSR count). The van der Waals surface area contributed by atoms with Crippen LogP contribution in [0, 0.1) is 5.82 Å². The Morgan fingerprint density at radius 2 is 2.17 bits per heavy atom. The summed E-state index contributed by atoms with van der Waals surface area (Å²) in [5, 5.41) is 9.01. The van der Waals surface area contributed by atoms with E-state index in [1.165, 1.54) is 12.1 Å². The maximum absolute atomic E-state index is 13.3. The van der Waals surface area contributed by atoms with Gasteiger partial charge in [-0.2, -0.15) is 0 Å². The average molecular weight is 270 g/mol. The van der Waals surface area contributed by atoms with E-state index in [1.54, 1.807) is 6.07 Å². The molecule has 0 aromatic heterocycles. The molecule has 0 radical (unpaired) electrons. The van der Waals surface area contributed by atoms with E-state index in [9.17, 15) is 4.39 Å². The van der Waals surface area contributed by atoms with Gasteiger partial charge in [-0.05, 0) is 36.7 Å². The number of benzene rings is 1. The van der Waals surface area contributed by atoms with Gasteiger partial charge >= 0.3 is 0 Å². The van der Waals surface area contributed by atoms with Crippen LogP contribution in [0.1, 0.15) is 24.5 Å². The zero-order chi connectivity index (χ0) is 13.5. The Balaban J connectivity index is 2.92. The van der Waals surface area contributed by atoms with E-state index in [0.29, 0.717) is 18.7 Å². The molecule has 0 saturated carbocycles. The lowest BCUT2D eigenvalue weighted by atomic mass is 10.1. The SMILES string of the molecule is CCCN(CCO)Cc1cc(F)ccc1C(N)=S. The van der Waals surface area contributed by atoms with Gasteiger partial charge in [0.2, 0.25) is 0 Å². The molecule has 1 aromatic carbocycles. The first kappa shape index (κ1) is 15.0. The first-order valence-electron chi connectivity index (χ1n) is 6.00. The van der Waals surface area contributed by atoms with Crippen molar-refractivity contribution in [3.8, 4) is 0 Å². The maximum Gasteiger partial charge on any atom is 0.123 e. The number of aliphatic hydroxyl groups is 1. The van der Waals surface area contributed by atoms with Crippen LogP contribution in [0.4, 0.5) is 4.39 Å². The molecule has 0 aliphatic heterocycles. The molecule has 100 valence electrons. The number of hydrogen-bond acceptors (Lipinski definition) is 3. The largest absolute Gasteiger partial charge is 0.395 e. The Bertz CT molecular complexity index is 406. The Morgan fingerprint density at radius 1 is 1.44 bits per heavy atom. The van der Waals surface area contributed by atoms with Crippen LogP contribution in [0.5, 0.6) is 0 Å². The van der Waals surface area contributed by atoms with Gasteiger partial charge in [-0.25, -0.2) is 4.39 Å². The van der Waals surface area contributed by atoms with Crippen LogP contribution in [0.3, 0.4) is 0 Å². The van der Waals surface area contributed by atoms with Gasteiger partial charge in [-0.15, -0.1) is 0 Å². The third kappa shape index (κ3) is 4.33. The van der Waals surface area contributed by atoms with Crippen LogP contribution in [0.15, 0.2) is 18.2 Å². The van der Waals surface area contributed by atoms with E-state index in [0.717, 1.165) is 18.5 Å². The van der Waals surface area contributed by atoms with Crippen molar-refractivity contribution in [2.24, 2.45) is 5.73 Å². The van der Waals surface area contributed by atoms with E-state index in [4.69, 9.17) is 23.1 Å².